The Balaban J connectivity index is 2.38. The lowest BCUT2D eigenvalue weighted by Crippen LogP contribution is -2.41. The zero-order chi connectivity index (χ0) is 17.4. The van der Waals surface area contributed by atoms with Crippen LogP contribution in [0, 0.1) is 13.8 Å². The summed E-state index contributed by atoms with van der Waals surface area (Å²) in [7, 11) is -0.328. The summed E-state index contributed by atoms with van der Waals surface area (Å²) < 4.78 is 12.1. The molecule has 7 heteroatoms. The maximum absolute atomic E-state index is 8.82. The second-order valence-corrected chi connectivity index (χ2v) is 7.08. The van der Waals surface area contributed by atoms with E-state index >= 15 is 0 Å². The number of rotatable bonds is 4. The molecular weight excluding hydrogens is 291 g/mol. The van der Waals surface area contributed by atoms with Gasteiger partial charge < -0.3 is 15.0 Å². The molecule has 0 radical (unpaired) electrons. The van der Waals surface area contributed by atoms with Gasteiger partial charge in [-0.3, -0.25) is 0 Å². The Morgan fingerprint density at radius 3 is 2.13 bits per heavy atom. The van der Waals surface area contributed by atoms with E-state index in [4.69, 9.17) is 20.6 Å². The molecule has 23 heavy (non-hydrogen) atoms. The number of hydrogen-bond donors (Lipinski definition) is 1. The lowest BCUT2D eigenvalue weighted by atomic mass is 9.78. The molecule has 0 amide bonds. The SMILES string of the molecule is Cc1c(CN)cc(CB2OC(C)(C)C(C)(C)O2)c(C)c1N=[N+]=[N-]. The average Bonchev–Trinajstić information content (AvgIpc) is 2.65. The van der Waals surface area contributed by atoms with Crippen molar-refractivity contribution in [3.05, 3.63) is 38.8 Å². The van der Waals surface area contributed by atoms with Gasteiger partial charge in [0.2, 0.25) is 0 Å². The Morgan fingerprint density at radius 2 is 1.65 bits per heavy atom. The number of nitrogens with zero attached hydrogens (tertiary/aromatic N) is 3. The zero-order valence-corrected chi connectivity index (χ0v) is 14.8. The summed E-state index contributed by atoms with van der Waals surface area (Å²) in [5.41, 5.74) is 18.5. The minimum Gasteiger partial charge on any atom is -0.403 e. The van der Waals surface area contributed by atoms with Crippen LogP contribution in [0.1, 0.15) is 49.9 Å². The fraction of sp³-hybridized carbons (Fsp3) is 0.625. The van der Waals surface area contributed by atoms with E-state index in [1.54, 1.807) is 0 Å². The molecule has 0 aromatic heterocycles. The van der Waals surface area contributed by atoms with Crippen LogP contribution in [-0.4, -0.2) is 18.3 Å². The van der Waals surface area contributed by atoms with Crippen LogP contribution in [0.15, 0.2) is 11.2 Å². The molecule has 0 bridgehead atoms. The van der Waals surface area contributed by atoms with Crippen molar-refractivity contribution in [3.63, 3.8) is 0 Å². The van der Waals surface area contributed by atoms with Gasteiger partial charge in [0.15, 0.2) is 0 Å². The van der Waals surface area contributed by atoms with Crippen LogP contribution in [0.3, 0.4) is 0 Å². The van der Waals surface area contributed by atoms with E-state index in [1.807, 2.05) is 41.5 Å². The number of benzene rings is 1. The second kappa shape index (κ2) is 6.17. The van der Waals surface area contributed by atoms with Crippen LogP contribution in [0.5, 0.6) is 0 Å². The van der Waals surface area contributed by atoms with Crippen molar-refractivity contribution in [2.45, 2.75) is 65.6 Å². The van der Waals surface area contributed by atoms with Crippen molar-refractivity contribution < 1.29 is 9.31 Å². The van der Waals surface area contributed by atoms with E-state index < -0.39 is 0 Å². The molecule has 1 fully saturated rings. The molecule has 6 nitrogen and oxygen atoms in total. The third kappa shape index (κ3) is 3.24. The lowest BCUT2D eigenvalue weighted by Gasteiger charge is -2.32. The van der Waals surface area contributed by atoms with Crippen molar-refractivity contribution in [1.29, 1.82) is 0 Å². The quantitative estimate of drug-likeness (QED) is 0.395. The Bertz CT molecular complexity index is 651. The van der Waals surface area contributed by atoms with E-state index in [0.29, 0.717) is 18.6 Å². The van der Waals surface area contributed by atoms with E-state index in [2.05, 4.69) is 16.1 Å². The second-order valence-electron chi connectivity index (χ2n) is 7.08. The highest BCUT2D eigenvalue weighted by Gasteiger charge is 2.50. The van der Waals surface area contributed by atoms with Gasteiger partial charge in [0.05, 0.1) is 11.2 Å². The Hall–Kier alpha value is -1.53. The molecule has 0 saturated carbocycles. The van der Waals surface area contributed by atoms with E-state index in [0.717, 1.165) is 22.3 Å². The molecule has 1 heterocycles. The van der Waals surface area contributed by atoms with E-state index in [1.165, 1.54) is 0 Å². The molecule has 1 aliphatic heterocycles. The summed E-state index contributed by atoms with van der Waals surface area (Å²) in [5, 5.41) is 3.85. The van der Waals surface area contributed by atoms with Crippen LogP contribution >= 0.6 is 0 Å². The Morgan fingerprint density at radius 1 is 1.13 bits per heavy atom. The standard InChI is InChI=1S/C16H25BN4O2/c1-10-12(7-13(9-18)11(2)14(10)20-21-19)8-17-22-15(3,4)16(5,6)23-17/h7H,8-9,18H2,1-6H3. The first-order chi connectivity index (χ1) is 10.6. The normalized spacial score (nSPS) is 18.8. The first kappa shape index (κ1) is 17.8. The number of nitrogens with two attached hydrogens (primary N) is 1. The predicted octanol–water partition coefficient (Wildman–Crippen LogP) is 3.88. The predicted molar refractivity (Wildman–Crippen MR) is 92.4 cm³/mol. The van der Waals surface area contributed by atoms with Crippen LogP contribution in [-0.2, 0) is 22.2 Å². The molecule has 1 aromatic carbocycles. The molecule has 2 N–H and O–H groups in total. The molecule has 0 unspecified atom stereocenters. The highest BCUT2D eigenvalue weighted by Crippen LogP contribution is 2.38. The van der Waals surface area contributed by atoms with E-state index in [9.17, 15) is 0 Å². The van der Waals surface area contributed by atoms with Crippen molar-refractivity contribution in [2.24, 2.45) is 10.8 Å². The van der Waals surface area contributed by atoms with Crippen molar-refractivity contribution in [3.8, 4) is 0 Å². The maximum Gasteiger partial charge on any atom is 0.462 e. The summed E-state index contributed by atoms with van der Waals surface area (Å²) >= 11 is 0. The first-order valence-corrected chi connectivity index (χ1v) is 7.85. The molecule has 1 saturated heterocycles. The molecule has 0 atom stereocenters. The lowest BCUT2D eigenvalue weighted by molar-refractivity contribution is 0.00578. The molecule has 124 valence electrons. The summed E-state index contributed by atoms with van der Waals surface area (Å²) in [6, 6.07) is 2.06. The summed E-state index contributed by atoms with van der Waals surface area (Å²) in [6.07, 6.45) is 0.597. The Labute approximate surface area is 138 Å². The van der Waals surface area contributed by atoms with Gasteiger partial charge in [0.1, 0.15) is 0 Å². The zero-order valence-electron chi connectivity index (χ0n) is 14.8. The molecular formula is C16H25BN4O2. The van der Waals surface area contributed by atoms with Gasteiger partial charge in [-0.05, 0) is 69.3 Å². The fourth-order valence-corrected chi connectivity index (χ4v) is 2.86. The summed E-state index contributed by atoms with van der Waals surface area (Å²) in [5.74, 6) is 0. The smallest absolute Gasteiger partial charge is 0.403 e. The van der Waals surface area contributed by atoms with Gasteiger partial charge in [0, 0.05) is 23.5 Å². The topological polar surface area (TPSA) is 93.2 Å². The van der Waals surface area contributed by atoms with Gasteiger partial charge in [-0.1, -0.05) is 11.2 Å². The largest absolute Gasteiger partial charge is 0.462 e. The van der Waals surface area contributed by atoms with Gasteiger partial charge >= 0.3 is 7.12 Å². The minimum atomic E-state index is -0.361. The summed E-state index contributed by atoms with van der Waals surface area (Å²) in [6.45, 7) is 12.4. The van der Waals surface area contributed by atoms with Crippen molar-refractivity contribution in [2.75, 3.05) is 0 Å². The number of hydrogen-bond acceptors (Lipinski definition) is 4. The molecule has 0 aliphatic carbocycles. The van der Waals surface area contributed by atoms with Crippen LogP contribution in [0.4, 0.5) is 5.69 Å². The molecule has 0 spiro atoms. The van der Waals surface area contributed by atoms with Crippen LogP contribution < -0.4 is 5.73 Å². The van der Waals surface area contributed by atoms with Gasteiger partial charge in [0.25, 0.3) is 0 Å². The average molecular weight is 316 g/mol. The van der Waals surface area contributed by atoms with Crippen molar-refractivity contribution in [1.82, 2.24) is 0 Å². The van der Waals surface area contributed by atoms with Crippen LogP contribution in [0.2, 0.25) is 0 Å². The molecule has 1 aliphatic rings. The molecule has 1 aromatic rings. The highest BCUT2D eigenvalue weighted by molar-refractivity contribution is 6.45. The molecule has 2 rings (SSSR count). The van der Waals surface area contributed by atoms with Gasteiger partial charge in [-0.15, -0.1) is 0 Å². The first-order valence-electron chi connectivity index (χ1n) is 7.85. The third-order valence-corrected chi connectivity index (χ3v) is 5.08. The van der Waals surface area contributed by atoms with Gasteiger partial charge in [-0.2, -0.15) is 0 Å². The maximum atomic E-state index is 8.82. The van der Waals surface area contributed by atoms with E-state index in [-0.39, 0.29) is 18.3 Å². The van der Waals surface area contributed by atoms with Crippen LogP contribution in [0.25, 0.3) is 10.4 Å². The highest BCUT2D eigenvalue weighted by atomic mass is 16.7. The fourth-order valence-electron chi connectivity index (χ4n) is 2.86. The van der Waals surface area contributed by atoms with Gasteiger partial charge in [-0.25, -0.2) is 0 Å². The number of azide groups is 1. The Kier molecular flexibility index (Phi) is 4.78. The van der Waals surface area contributed by atoms with Crippen molar-refractivity contribution >= 4 is 12.8 Å². The third-order valence-electron chi connectivity index (χ3n) is 5.08. The minimum absolute atomic E-state index is 0.328. The summed E-state index contributed by atoms with van der Waals surface area (Å²) in [4.78, 5) is 2.94. The monoisotopic (exact) mass is 316 g/mol.